The highest BCUT2D eigenvalue weighted by Gasteiger charge is 2.21. The number of ether oxygens (including phenoxy) is 1. The first kappa shape index (κ1) is 16.2. The molecule has 1 aromatic carbocycles. The van der Waals surface area contributed by atoms with Gasteiger partial charge in [0.1, 0.15) is 12.1 Å². The van der Waals surface area contributed by atoms with E-state index in [-0.39, 0.29) is 11.9 Å². The Morgan fingerprint density at radius 2 is 2.00 bits per heavy atom. The fraction of sp³-hybridized carbons (Fsp3) is 0.312. The lowest BCUT2D eigenvalue weighted by atomic mass is 10.1. The van der Waals surface area contributed by atoms with E-state index in [2.05, 4.69) is 9.97 Å². The maximum Gasteiger partial charge on any atom is 0.257 e. The summed E-state index contributed by atoms with van der Waals surface area (Å²) in [5.41, 5.74) is 0.423. The van der Waals surface area contributed by atoms with Gasteiger partial charge in [0.05, 0.1) is 18.0 Å². The second-order valence-corrected chi connectivity index (χ2v) is 5.44. The molecule has 0 spiro atoms. The Bertz CT molecular complexity index is 647. The third kappa shape index (κ3) is 3.74. The van der Waals surface area contributed by atoms with E-state index in [9.17, 15) is 4.79 Å². The molecule has 2 aromatic rings. The molecule has 116 valence electrons. The first-order chi connectivity index (χ1) is 10.5. The Hall–Kier alpha value is -2.14. The molecule has 0 unspecified atom stereocenters. The lowest BCUT2D eigenvalue weighted by molar-refractivity contribution is 0.0714. The molecule has 0 fully saturated rings. The van der Waals surface area contributed by atoms with Gasteiger partial charge in [-0.1, -0.05) is 11.6 Å². The summed E-state index contributed by atoms with van der Waals surface area (Å²) in [6.07, 6.45) is 4.49. The van der Waals surface area contributed by atoms with Crippen LogP contribution < -0.4 is 4.74 Å². The van der Waals surface area contributed by atoms with Gasteiger partial charge in [0, 0.05) is 17.6 Å². The van der Waals surface area contributed by atoms with Crippen molar-refractivity contribution >= 4 is 17.5 Å². The van der Waals surface area contributed by atoms with Crippen LogP contribution in [-0.4, -0.2) is 33.4 Å². The highest BCUT2D eigenvalue weighted by Crippen LogP contribution is 2.28. The van der Waals surface area contributed by atoms with Crippen molar-refractivity contribution in [2.75, 3.05) is 6.54 Å². The van der Waals surface area contributed by atoms with Gasteiger partial charge in [-0.25, -0.2) is 9.97 Å². The third-order valence-corrected chi connectivity index (χ3v) is 3.40. The number of rotatable bonds is 5. The molecule has 6 heteroatoms. The van der Waals surface area contributed by atoms with Crippen LogP contribution in [0.3, 0.4) is 0 Å². The van der Waals surface area contributed by atoms with Crippen LogP contribution in [0.5, 0.6) is 11.5 Å². The van der Waals surface area contributed by atoms with Gasteiger partial charge >= 0.3 is 0 Å². The molecule has 0 aliphatic carbocycles. The number of hydrogen-bond donors (Lipinski definition) is 0. The molecule has 1 heterocycles. The van der Waals surface area contributed by atoms with E-state index >= 15 is 0 Å². The minimum Gasteiger partial charge on any atom is -0.453 e. The van der Waals surface area contributed by atoms with Gasteiger partial charge in [-0.2, -0.15) is 0 Å². The maximum atomic E-state index is 12.7. The zero-order valence-electron chi connectivity index (χ0n) is 12.8. The third-order valence-electron chi connectivity index (χ3n) is 3.16. The quantitative estimate of drug-likeness (QED) is 0.841. The van der Waals surface area contributed by atoms with Crippen LogP contribution in [-0.2, 0) is 0 Å². The fourth-order valence-corrected chi connectivity index (χ4v) is 2.29. The molecule has 0 aliphatic rings. The van der Waals surface area contributed by atoms with E-state index in [1.165, 1.54) is 18.7 Å². The number of halogens is 1. The van der Waals surface area contributed by atoms with E-state index in [4.69, 9.17) is 16.3 Å². The van der Waals surface area contributed by atoms with Crippen LogP contribution in [0, 0.1) is 0 Å². The molecule has 0 saturated carbocycles. The van der Waals surface area contributed by atoms with Crippen LogP contribution in [0.15, 0.2) is 36.9 Å². The summed E-state index contributed by atoms with van der Waals surface area (Å²) >= 11 is 6.04. The molecule has 0 bridgehead atoms. The summed E-state index contributed by atoms with van der Waals surface area (Å²) in [5, 5.41) is 0.486. The molecule has 0 atom stereocenters. The van der Waals surface area contributed by atoms with Gasteiger partial charge < -0.3 is 9.64 Å². The lowest BCUT2D eigenvalue weighted by Crippen LogP contribution is -2.36. The zero-order valence-corrected chi connectivity index (χ0v) is 13.5. The van der Waals surface area contributed by atoms with Gasteiger partial charge in [-0.3, -0.25) is 4.79 Å². The monoisotopic (exact) mass is 319 g/mol. The van der Waals surface area contributed by atoms with Crippen LogP contribution in [0.2, 0.25) is 5.02 Å². The van der Waals surface area contributed by atoms with Crippen LogP contribution in [0.4, 0.5) is 0 Å². The molecule has 0 saturated heterocycles. The van der Waals surface area contributed by atoms with Crippen molar-refractivity contribution in [1.82, 2.24) is 14.9 Å². The van der Waals surface area contributed by atoms with Crippen molar-refractivity contribution in [3.63, 3.8) is 0 Å². The first-order valence-corrected chi connectivity index (χ1v) is 7.44. The smallest absolute Gasteiger partial charge is 0.257 e. The zero-order chi connectivity index (χ0) is 16.1. The number of aromatic nitrogens is 2. The topological polar surface area (TPSA) is 55.3 Å². The normalized spacial score (nSPS) is 10.6. The molecule has 5 nitrogen and oxygen atoms in total. The minimum atomic E-state index is -0.119. The van der Waals surface area contributed by atoms with Crippen molar-refractivity contribution in [3.8, 4) is 11.5 Å². The Labute approximate surface area is 134 Å². The predicted octanol–water partition coefficient (Wildman–Crippen LogP) is 3.79. The molecule has 0 radical (unpaired) electrons. The maximum absolute atomic E-state index is 12.7. The molecule has 1 aromatic heterocycles. The van der Waals surface area contributed by atoms with Crippen LogP contribution in [0.25, 0.3) is 0 Å². The summed E-state index contributed by atoms with van der Waals surface area (Å²) < 4.78 is 5.73. The Balaban J connectivity index is 2.37. The summed E-state index contributed by atoms with van der Waals surface area (Å²) in [4.78, 5) is 22.3. The van der Waals surface area contributed by atoms with Gasteiger partial charge in [0.15, 0.2) is 5.75 Å². The van der Waals surface area contributed by atoms with E-state index in [1.54, 1.807) is 23.1 Å². The number of carbonyl (C=O) groups is 1. The summed E-state index contributed by atoms with van der Waals surface area (Å²) in [6, 6.07) is 5.07. The van der Waals surface area contributed by atoms with Crippen molar-refractivity contribution in [1.29, 1.82) is 0 Å². The van der Waals surface area contributed by atoms with Crippen molar-refractivity contribution in [2.45, 2.75) is 26.8 Å². The first-order valence-electron chi connectivity index (χ1n) is 7.06. The highest BCUT2D eigenvalue weighted by atomic mass is 35.5. The van der Waals surface area contributed by atoms with Crippen molar-refractivity contribution in [2.24, 2.45) is 0 Å². The molecule has 0 N–H and O–H groups in total. The Morgan fingerprint density at radius 3 is 2.59 bits per heavy atom. The van der Waals surface area contributed by atoms with Crippen LogP contribution in [0.1, 0.15) is 31.1 Å². The van der Waals surface area contributed by atoms with Gasteiger partial charge in [-0.05, 0) is 39.0 Å². The van der Waals surface area contributed by atoms with Gasteiger partial charge in [-0.15, -0.1) is 0 Å². The van der Waals surface area contributed by atoms with Gasteiger partial charge in [0.25, 0.3) is 5.91 Å². The van der Waals surface area contributed by atoms with Crippen molar-refractivity contribution < 1.29 is 9.53 Å². The average molecular weight is 320 g/mol. The van der Waals surface area contributed by atoms with E-state index in [0.717, 1.165) is 0 Å². The number of nitrogens with zero attached hydrogens (tertiary/aromatic N) is 3. The second-order valence-electron chi connectivity index (χ2n) is 5.00. The summed E-state index contributed by atoms with van der Waals surface area (Å²) in [7, 11) is 0. The Morgan fingerprint density at radius 1 is 1.32 bits per heavy atom. The second kappa shape index (κ2) is 7.22. The van der Waals surface area contributed by atoms with Crippen molar-refractivity contribution in [3.05, 3.63) is 47.5 Å². The number of hydrogen-bond acceptors (Lipinski definition) is 4. The summed E-state index contributed by atoms with van der Waals surface area (Å²) in [5.74, 6) is 0.779. The van der Waals surface area contributed by atoms with E-state index in [1.807, 2.05) is 20.8 Å². The number of benzene rings is 1. The number of amides is 1. The Kier molecular flexibility index (Phi) is 5.33. The average Bonchev–Trinajstić information content (AvgIpc) is 2.50. The standard InChI is InChI=1S/C16H18ClN3O2/c1-4-20(11(2)3)16(21)14-7-12(17)5-6-15(14)22-13-8-18-10-19-9-13/h5-11H,4H2,1-3H3. The fourth-order valence-electron chi connectivity index (χ4n) is 2.12. The molecular formula is C16H18ClN3O2. The highest BCUT2D eigenvalue weighted by molar-refractivity contribution is 6.31. The molecule has 22 heavy (non-hydrogen) atoms. The minimum absolute atomic E-state index is 0.0874. The SMILES string of the molecule is CCN(C(=O)c1cc(Cl)ccc1Oc1cncnc1)C(C)C. The molecular weight excluding hydrogens is 302 g/mol. The molecule has 2 rings (SSSR count). The number of carbonyl (C=O) groups excluding carboxylic acids is 1. The predicted molar refractivity (Wildman–Crippen MR) is 85.4 cm³/mol. The van der Waals surface area contributed by atoms with E-state index in [0.29, 0.717) is 28.6 Å². The van der Waals surface area contributed by atoms with E-state index < -0.39 is 0 Å². The van der Waals surface area contributed by atoms with Crippen LogP contribution >= 0.6 is 11.6 Å². The largest absolute Gasteiger partial charge is 0.453 e. The van der Waals surface area contributed by atoms with Gasteiger partial charge in [0.2, 0.25) is 0 Å². The lowest BCUT2D eigenvalue weighted by Gasteiger charge is -2.26. The molecule has 0 aliphatic heterocycles. The molecule has 1 amide bonds. The summed E-state index contributed by atoms with van der Waals surface area (Å²) in [6.45, 7) is 6.49.